The minimum absolute atomic E-state index is 0.222. The zero-order valence-electron chi connectivity index (χ0n) is 12.1. The molecule has 0 saturated carbocycles. The van der Waals surface area contributed by atoms with E-state index in [2.05, 4.69) is 42.4 Å². The molecule has 1 aromatic rings. The Morgan fingerprint density at radius 3 is 2.79 bits per heavy atom. The van der Waals surface area contributed by atoms with Crippen LogP contribution in [0, 0.1) is 0 Å². The highest BCUT2D eigenvalue weighted by molar-refractivity contribution is 7.10. The van der Waals surface area contributed by atoms with E-state index >= 15 is 0 Å². The number of rotatable bonds is 6. The molecule has 0 N–H and O–H groups in total. The fraction of sp³-hybridized carbons (Fsp3) is 0.714. The van der Waals surface area contributed by atoms with Gasteiger partial charge in [-0.05, 0) is 38.2 Å². The van der Waals surface area contributed by atoms with Crippen molar-refractivity contribution >= 4 is 11.3 Å². The van der Waals surface area contributed by atoms with Crippen molar-refractivity contribution in [2.45, 2.75) is 19.2 Å². The first-order valence-corrected chi connectivity index (χ1v) is 7.60. The van der Waals surface area contributed by atoms with Crippen LogP contribution in [-0.2, 0) is 22.6 Å². The summed E-state index contributed by atoms with van der Waals surface area (Å²) in [6, 6.07) is 2.30. The maximum absolute atomic E-state index is 5.67. The van der Waals surface area contributed by atoms with Crippen LogP contribution in [0.15, 0.2) is 11.4 Å². The molecule has 0 unspecified atom stereocenters. The van der Waals surface area contributed by atoms with Gasteiger partial charge in [0.1, 0.15) is 0 Å². The highest BCUT2D eigenvalue weighted by atomic mass is 32.1. The first kappa shape index (κ1) is 14.9. The molecule has 4 nitrogen and oxygen atoms in total. The van der Waals surface area contributed by atoms with Crippen LogP contribution in [0.5, 0.6) is 0 Å². The van der Waals surface area contributed by atoms with Gasteiger partial charge in [-0.2, -0.15) is 0 Å². The Balaban J connectivity index is 1.77. The average Bonchev–Trinajstić information content (AvgIpc) is 2.76. The van der Waals surface area contributed by atoms with E-state index in [0.717, 1.165) is 39.5 Å². The molecule has 1 aliphatic heterocycles. The molecule has 1 aliphatic rings. The van der Waals surface area contributed by atoms with Gasteiger partial charge in [0, 0.05) is 24.5 Å². The van der Waals surface area contributed by atoms with Crippen LogP contribution in [-0.4, -0.2) is 63.4 Å². The van der Waals surface area contributed by atoms with Gasteiger partial charge in [-0.1, -0.05) is 0 Å². The Kier molecular flexibility index (Phi) is 5.78. The maximum atomic E-state index is 5.67. The van der Waals surface area contributed by atoms with Crippen molar-refractivity contribution < 1.29 is 9.47 Å². The van der Waals surface area contributed by atoms with Crippen molar-refractivity contribution in [3.8, 4) is 0 Å². The van der Waals surface area contributed by atoms with E-state index in [1.807, 2.05) is 11.3 Å². The molecule has 0 bridgehead atoms. The molecule has 0 spiro atoms. The second-order valence-corrected chi connectivity index (χ2v) is 6.42. The second kappa shape index (κ2) is 7.36. The molecule has 0 radical (unpaired) electrons. The normalized spacial score (nSPS) is 20.4. The van der Waals surface area contributed by atoms with Gasteiger partial charge in [0.25, 0.3) is 0 Å². The Morgan fingerprint density at radius 1 is 1.26 bits per heavy atom. The second-order valence-electron chi connectivity index (χ2n) is 5.42. The molecule has 0 amide bonds. The van der Waals surface area contributed by atoms with Gasteiger partial charge in [0.2, 0.25) is 0 Å². The highest BCUT2D eigenvalue weighted by Gasteiger charge is 2.16. The predicted octanol–water partition coefficient (Wildman–Crippen LogP) is 1.66. The van der Waals surface area contributed by atoms with Gasteiger partial charge in [-0.3, -0.25) is 4.90 Å². The molecule has 108 valence electrons. The molecule has 2 rings (SSSR count). The minimum atomic E-state index is 0.222. The van der Waals surface area contributed by atoms with Crippen LogP contribution in [0.3, 0.4) is 0 Å². The third-order valence-corrected chi connectivity index (χ3v) is 4.00. The third kappa shape index (κ3) is 5.20. The van der Waals surface area contributed by atoms with Gasteiger partial charge in [-0.25, -0.2) is 0 Å². The van der Waals surface area contributed by atoms with Crippen molar-refractivity contribution in [3.63, 3.8) is 0 Å². The van der Waals surface area contributed by atoms with Crippen LogP contribution in [0.2, 0.25) is 0 Å². The van der Waals surface area contributed by atoms with Crippen molar-refractivity contribution in [1.29, 1.82) is 0 Å². The molecule has 0 aliphatic carbocycles. The van der Waals surface area contributed by atoms with E-state index in [-0.39, 0.29) is 6.10 Å². The van der Waals surface area contributed by atoms with Crippen molar-refractivity contribution in [2.24, 2.45) is 0 Å². The lowest BCUT2D eigenvalue weighted by Crippen LogP contribution is -2.38. The van der Waals surface area contributed by atoms with Crippen LogP contribution in [0.25, 0.3) is 0 Å². The summed E-state index contributed by atoms with van der Waals surface area (Å²) in [5.74, 6) is 0. The summed E-state index contributed by atoms with van der Waals surface area (Å²) in [7, 11) is 6.34. The predicted molar refractivity (Wildman–Crippen MR) is 78.6 cm³/mol. The largest absolute Gasteiger partial charge is 0.376 e. The zero-order chi connectivity index (χ0) is 13.7. The number of ether oxygens (including phenoxy) is 2. The van der Waals surface area contributed by atoms with Crippen LogP contribution < -0.4 is 0 Å². The molecule has 2 heterocycles. The lowest BCUT2D eigenvalue weighted by atomic mass is 10.2. The summed E-state index contributed by atoms with van der Waals surface area (Å²) < 4.78 is 11.1. The first-order valence-electron chi connectivity index (χ1n) is 6.72. The molecule has 1 saturated heterocycles. The molecule has 1 fully saturated rings. The fourth-order valence-corrected chi connectivity index (χ4v) is 3.24. The van der Waals surface area contributed by atoms with Gasteiger partial charge in [0.05, 0.1) is 25.9 Å². The standard InChI is InChI=1S/C14H24N2O2S/c1-15(2)7-12-6-14(19-11-12)9-16(3)8-13-10-17-4-5-18-13/h6,11,13H,4-5,7-10H2,1-3H3/t13-/m1/s1. The summed E-state index contributed by atoms with van der Waals surface area (Å²) in [5, 5.41) is 2.25. The number of nitrogens with zero attached hydrogens (tertiary/aromatic N) is 2. The number of thiophene rings is 1. The molecular formula is C14H24N2O2S. The van der Waals surface area contributed by atoms with Crippen LogP contribution in [0.1, 0.15) is 10.4 Å². The van der Waals surface area contributed by atoms with E-state index in [0.29, 0.717) is 0 Å². The summed E-state index contributed by atoms with van der Waals surface area (Å²) in [4.78, 5) is 5.92. The fourth-order valence-electron chi connectivity index (χ4n) is 2.28. The third-order valence-electron chi connectivity index (χ3n) is 3.03. The Morgan fingerprint density at radius 2 is 2.11 bits per heavy atom. The molecule has 5 heteroatoms. The van der Waals surface area contributed by atoms with E-state index in [9.17, 15) is 0 Å². The van der Waals surface area contributed by atoms with Gasteiger partial charge in [-0.15, -0.1) is 11.3 Å². The highest BCUT2D eigenvalue weighted by Crippen LogP contribution is 2.17. The lowest BCUT2D eigenvalue weighted by molar-refractivity contribution is -0.0962. The van der Waals surface area contributed by atoms with Crippen LogP contribution >= 0.6 is 11.3 Å². The first-order chi connectivity index (χ1) is 9.13. The quantitative estimate of drug-likeness (QED) is 0.793. The Hall–Kier alpha value is -0.460. The summed E-state index contributed by atoms with van der Waals surface area (Å²) in [6.45, 7) is 5.11. The van der Waals surface area contributed by atoms with Gasteiger partial charge < -0.3 is 14.4 Å². The summed E-state index contributed by atoms with van der Waals surface area (Å²) in [5.41, 5.74) is 1.40. The minimum Gasteiger partial charge on any atom is -0.376 e. The average molecular weight is 284 g/mol. The summed E-state index contributed by atoms with van der Waals surface area (Å²) >= 11 is 1.84. The molecule has 0 aromatic carbocycles. The monoisotopic (exact) mass is 284 g/mol. The molecule has 1 aromatic heterocycles. The van der Waals surface area contributed by atoms with Crippen molar-refractivity contribution in [1.82, 2.24) is 9.80 Å². The van der Waals surface area contributed by atoms with E-state index in [1.54, 1.807) is 0 Å². The number of hydrogen-bond acceptors (Lipinski definition) is 5. The van der Waals surface area contributed by atoms with Gasteiger partial charge in [0.15, 0.2) is 0 Å². The zero-order valence-corrected chi connectivity index (χ0v) is 12.9. The SMILES string of the molecule is CN(C)Cc1csc(CN(C)C[C@@H]2COCCO2)c1. The molecule has 19 heavy (non-hydrogen) atoms. The van der Waals surface area contributed by atoms with E-state index in [1.165, 1.54) is 10.4 Å². The van der Waals surface area contributed by atoms with E-state index < -0.39 is 0 Å². The number of likely N-dealkylation sites (N-methyl/N-ethyl adjacent to an activating group) is 1. The van der Waals surface area contributed by atoms with E-state index in [4.69, 9.17) is 9.47 Å². The lowest BCUT2D eigenvalue weighted by Gasteiger charge is -2.27. The topological polar surface area (TPSA) is 24.9 Å². The summed E-state index contributed by atoms with van der Waals surface area (Å²) in [6.07, 6.45) is 0.222. The van der Waals surface area contributed by atoms with Crippen molar-refractivity contribution in [2.75, 3.05) is 47.5 Å². The van der Waals surface area contributed by atoms with Crippen LogP contribution in [0.4, 0.5) is 0 Å². The molecule has 1 atom stereocenters. The van der Waals surface area contributed by atoms with Gasteiger partial charge >= 0.3 is 0 Å². The Labute approximate surface area is 119 Å². The smallest absolute Gasteiger partial charge is 0.0936 e. The van der Waals surface area contributed by atoms with Crippen molar-refractivity contribution in [3.05, 3.63) is 21.9 Å². The Bertz CT molecular complexity index is 375. The number of hydrogen-bond donors (Lipinski definition) is 0. The maximum Gasteiger partial charge on any atom is 0.0936 e. The molecular weight excluding hydrogens is 260 g/mol.